The Kier molecular flexibility index (Phi) is 4.08. The zero-order valence-corrected chi connectivity index (χ0v) is 12.7. The van der Waals surface area contributed by atoms with Gasteiger partial charge >= 0.3 is 0 Å². The second kappa shape index (κ2) is 5.31. The summed E-state index contributed by atoms with van der Waals surface area (Å²) in [4.78, 5) is 0.0398. The highest BCUT2D eigenvalue weighted by molar-refractivity contribution is 7.89. The Bertz CT molecular complexity index is 544. The van der Waals surface area contributed by atoms with Crippen molar-refractivity contribution in [3.05, 3.63) is 23.2 Å². The molecule has 106 valence electrons. The van der Waals surface area contributed by atoms with Crippen LogP contribution in [0.15, 0.2) is 23.1 Å². The Balaban J connectivity index is 2.42. The fraction of sp³-hybridized carbons (Fsp3) is 0.538. The van der Waals surface area contributed by atoms with Gasteiger partial charge in [0.05, 0.1) is 10.7 Å². The number of hydrogen-bond donors (Lipinski definition) is 1. The quantitative estimate of drug-likeness (QED) is 0.854. The normalized spacial score (nSPS) is 25.4. The van der Waals surface area contributed by atoms with Crippen molar-refractivity contribution >= 4 is 27.3 Å². The summed E-state index contributed by atoms with van der Waals surface area (Å²) in [6.45, 7) is 5.18. The van der Waals surface area contributed by atoms with Gasteiger partial charge in [-0.3, -0.25) is 0 Å². The Morgan fingerprint density at radius 3 is 2.37 bits per heavy atom. The molecule has 1 aliphatic rings. The van der Waals surface area contributed by atoms with Gasteiger partial charge in [0, 0.05) is 13.1 Å². The molecule has 1 saturated heterocycles. The van der Waals surface area contributed by atoms with E-state index in [1.165, 1.54) is 4.31 Å². The lowest BCUT2D eigenvalue weighted by Gasteiger charge is -2.34. The van der Waals surface area contributed by atoms with Gasteiger partial charge in [0.1, 0.15) is 4.90 Å². The molecule has 1 heterocycles. The molecule has 0 radical (unpaired) electrons. The van der Waals surface area contributed by atoms with Crippen LogP contribution in [-0.4, -0.2) is 25.8 Å². The van der Waals surface area contributed by atoms with Crippen molar-refractivity contribution in [3.8, 4) is 0 Å². The Hall–Kier alpha value is -0.780. The van der Waals surface area contributed by atoms with Crippen LogP contribution in [0.3, 0.4) is 0 Å². The van der Waals surface area contributed by atoms with Gasteiger partial charge in [0.2, 0.25) is 10.0 Å². The van der Waals surface area contributed by atoms with Crippen molar-refractivity contribution in [2.45, 2.75) is 25.2 Å². The van der Waals surface area contributed by atoms with E-state index in [4.69, 9.17) is 17.3 Å². The minimum atomic E-state index is -3.61. The average molecular weight is 303 g/mol. The van der Waals surface area contributed by atoms with Crippen LogP contribution < -0.4 is 5.73 Å². The van der Waals surface area contributed by atoms with Gasteiger partial charge < -0.3 is 5.73 Å². The molecule has 0 bridgehead atoms. The lowest BCUT2D eigenvalue weighted by Crippen LogP contribution is -2.42. The maximum Gasteiger partial charge on any atom is 0.246 e. The highest BCUT2D eigenvalue weighted by Gasteiger charge is 2.33. The summed E-state index contributed by atoms with van der Waals surface area (Å²) in [5, 5.41) is 0.186. The van der Waals surface area contributed by atoms with Crippen molar-refractivity contribution < 1.29 is 8.42 Å². The largest absolute Gasteiger partial charge is 0.398 e. The summed E-state index contributed by atoms with van der Waals surface area (Å²) < 4.78 is 26.9. The first kappa shape index (κ1) is 14.6. The van der Waals surface area contributed by atoms with Gasteiger partial charge in [-0.2, -0.15) is 4.31 Å². The van der Waals surface area contributed by atoms with Crippen molar-refractivity contribution in [2.24, 2.45) is 11.8 Å². The molecule has 1 fully saturated rings. The first-order valence-corrected chi connectivity index (χ1v) is 8.18. The van der Waals surface area contributed by atoms with E-state index in [2.05, 4.69) is 13.8 Å². The van der Waals surface area contributed by atoms with E-state index in [0.29, 0.717) is 24.9 Å². The van der Waals surface area contributed by atoms with Crippen LogP contribution in [0.1, 0.15) is 20.3 Å². The molecule has 4 nitrogen and oxygen atoms in total. The molecule has 0 aromatic heterocycles. The van der Waals surface area contributed by atoms with Crippen molar-refractivity contribution in [1.29, 1.82) is 0 Å². The summed E-state index contributed by atoms with van der Waals surface area (Å²) >= 11 is 6.02. The molecule has 6 heteroatoms. The molecule has 2 unspecified atom stereocenters. The minimum Gasteiger partial charge on any atom is -0.398 e. The van der Waals surface area contributed by atoms with E-state index in [0.717, 1.165) is 6.42 Å². The molecule has 0 aliphatic carbocycles. The fourth-order valence-corrected chi connectivity index (χ4v) is 5.04. The van der Waals surface area contributed by atoms with Gasteiger partial charge in [0.25, 0.3) is 0 Å². The number of halogens is 1. The summed E-state index contributed by atoms with van der Waals surface area (Å²) in [5.74, 6) is 0.699. The van der Waals surface area contributed by atoms with Crippen molar-refractivity contribution in [2.75, 3.05) is 18.8 Å². The van der Waals surface area contributed by atoms with E-state index in [-0.39, 0.29) is 15.6 Å². The highest BCUT2D eigenvalue weighted by Crippen LogP contribution is 2.33. The Morgan fingerprint density at radius 1 is 1.26 bits per heavy atom. The SMILES string of the molecule is CC1CC(C)CN(S(=O)(=O)c2c(N)cccc2Cl)C1. The van der Waals surface area contributed by atoms with E-state index < -0.39 is 10.0 Å². The van der Waals surface area contributed by atoms with E-state index in [1.54, 1.807) is 18.2 Å². The number of hydrogen-bond acceptors (Lipinski definition) is 3. The molecular weight excluding hydrogens is 284 g/mol. The molecular formula is C13H19ClN2O2S. The van der Waals surface area contributed by atoms with E-state index in [1.807, 2.05) is 0 Å². The zero-order valence-electron chi connectivity index (χ0n) is 11.1. The monoisotopic (exact) mass is 302 g/mol. The molecule has 0 amide bonds. The zero-order chi connectivity index (χ0) is 14.2. The first-order chi connectivity index (χ1) is 8.82. The smallest absolute Gasteiger partial charge is 0.246 e. The summed E-state index contributed by atoms with van der Waals surface area (Å²) in [7, 11) is -3.61. The second-order valence-corrected chi connectivity index (χ2v) is 7.71. The van der Waals surface area contributed by atoms with Gasteiger partial charge in [-0.25, -0.2) is 8.42 Å². The topological polar surface area (TPSA) is 63.4 Å². The number of nitrogens with two attached hydrogens (primary N) is 1. The first-order valence-electron chi connectivity index (χ1n) is 6.36. The van der Waals surface area contributed by atoms with Crippen molar-refractivity contribution in [1.82, 2.24) is 4.31 Å². The van der Waals surface area contributed by atoms with Gasteiger partial charge in [-0.15, -0.1) is 0 Å². The molecule has 1 aliphatic heterocycles. The second-order valence-electron chi connectivity index (χ2n) is 5.43. The van der Waals surface area contributed by atoms with Crippen LogP contribution in [0.4, 0.5) is 5.69 Å². The molecule has 2 atom stereocenters. The molecule has 1 aromatic carbocycles. The third kappa shape index (κ3) is 2.88. The number of benzene rings is 1. The molecule has 0 saturated carbocycles. The van der Waals surface area contributed by atoms with E-state index in [9.17, 15) is 8.42 Å². The third-order valence-electron chi connectivity index (χ3n) is 3.43. The number of rotatable bonds is 2. The van der Waals surface area contributed by atoms with Crippen LogP contribution in [0.2, 0.25) is 5.02 Å². The van der Waals surface area contributed by atoms with Gasteiger partial charge in [0.15, 0.2) is 0 Å². The molecule has 0 spiro atoms. The number of sulfonamides is 1. The minimum absolute atomic E-state index is 0.0398. The predicted molar refractivity (Wildman–Crippen MR) is 77.6 cm³/mol. The molecule has 2 rings (SSSR count). The maximum atomic E-state index is 12.7. The molecule has 1 aromatic rings. The molecule has 19 heavy (non-hydrogen) atoms. The van der Waals surface area contributed by atoms with Gasteiger partial charge in [-0.1, -0.05) is 31.5 Å². The maximum absolute atomic E-state index is 12.7. The van der Waals surface area contributed by atoms with Crippen molar-refractivity contribution in [3.63, 3.8) is 0 Å². The number of anilines is 1. The Labute approximate surface area is 119 Å². The van der Waals surface area contributed by atoms with Crippen LogP contribution in [0, 0.1) is 11.8 Å². The Morgan fingerprint density at radius 2 is 1.84 bits per heavy atom. The lowest BCUT2D eigenvalue weighted by atomic mass is 9.94. The average Bonchev–Trinajstić information content (AvgIpc) is 2.26. The third-order valence-corrected chi connectivity index (χ3v) is 5.81. The lowest BCUT2D eigenvalue weighted by molar-refractivity contribution is 0.222. The van der Waals surface area contributed by atoms with E-state index >= 15 is 0 Å². The summed E-state index contributed by atoms with van der Waals surface area (Å²) in [6.07, 6.45) is 1.05. The van der Waals surface area contributed by atoms with Crippen LogP contribution in [0.25, 0.3) is 0 Å². The summed E-state index contributed by atoms with van der Waals surface area (Å²) in [6, 6.07) is 4.77. The fourth-order valence-electron chi connectivity index (χ4n) is 2.73. The number of piperidine rings is 1. The number of nitrogens with zero attached hydrogens (tertiary/aromatic N) is 1. The standard InChI is InChI=1S/C13H19ClN2O2S/c1-9-6-10(2)8-16(7-9)19(17,18)13-11(14)4-3-5-12(13)15/h3-5,9-10H,6-8,15H2,1-2H3. The van der Waals surface area contributed by atoms with Gasteiger partial charge in [-0.05, 0) is 30.4 Å². The highest BCUT2D eigenvalue weighted by atomic mass is 35.5. The number of nitrogen functional groups attached to an aromatic ring is 1. The summed E-state index contributed by atoms with van der Waals surface area (Å²) in [5.41, 5.74) is 6.00. The van der Waals surface area contributed by atoms with Crippen LogP contribution in [-0.2, 0) is 10.0 Å². The predicted octanol–water partition coefficient (Wildman–Crippen LogP) is 2.59. The molecule has 2 N–H and O–H groups in total. The van der Waals surface area contributed by atoms with Crippen LogP contribution in [0.5, 0.6) is 0 Å². The van der Waals surface area contributed by atoms with Crippen LogP contribution >= 0.6 is 11.6 Å².